The van der Waals surface area contributed by atoms with Gasteiger partial charge in [0, 0.05) is 11.7 Å². The minimum atomic E-state index is 0.566. The Bertz CT molecular complexity index is 429. The van der Waals surface area contributed by atoms with Crippen LogP contribution in [0.25, 0.3) is 0 Å². The van der Waals surface area contributed by atoms with Crippen molar-refractivity contribution in [3.05, 3.63) is 60.2 Å². The van der Waals surface area contributed by atoms with E-state index in [0.29, 0.717) is 6.61 Å². The van der Waals surface area contributed by atoms with E-state index in [2.05, 4.69) is 4.98 Å². The van der Waals surface area contributed by atoms with Gasteiger partial charge in [-0.3, -0.25) is 9.82 Å². The topological polar surface area (TPSA) is 26.0 Å². The Kier molecular flexibility index (Phi) is 2.93. The van der Waals surface area contributed by atoms with Crippen LogP contribution in [-0.2, 0) is 6.61 Å². The molecule has 1 aromatic heterocycles. The van der Waals surface area contributed by atoms with E-state index in [1.54, 1.807) is 23.3 Å². The van der Waals surface area contributed by atoms with Crippen LogP contribution in [0.3, 0.4) is 0 Å². The second-order valence-electron chi connectivity index (χ2n) is 3.30. The Hall–Kier alpha value is -1.90. The Morgan fingerprint density at radius 2 is 2.07 bits per heavy atom. The molecule has 1 heterocycles. The highest BCUT2D eigenvalue weighted by Crippen LogP contribution is 1.97. The first-order chi connectivity index (χ1) is 7.36. The molecular weight excluding hydrogens is 188 g/mol. The van der Waals surface area contributed by atoms with Crippen molar-refractivity contribution in [3.63, 3.8) is 0 Å². The highest BCUT2D eigenvalue weighted by atomic mass is 16.7. The van der Waals surface area contributed by atoms with E-state index in [1.165, 1.54) is 0 Å². The Morgan fingerprint density at radius 1 is 1.27 bits per heavy atom. The summed E-state index contributed by atoms with van der Waals surface area (Å²) in [5.74, 6) is 0. The number of benzene rings is 1. The molecule has 0 aliphatic carbocycles. The summed E-state index contributed by atoms with van der Waals surface area (Å²) < 4.78 is 1.72. The predicted octanol–water partition coefficient (Wildman–Crippen LogP) is 1.31. The summed E-state index contributed by atoms with van der Waals surface area (Å²) in [5.41, 5.74) is 2.13. The molecule has 0 atom stereocenters. The molecule has 0 saturated heterocycles. The van der Waals surface area contributed by atoms with Gasteiger partial charge in [0.05, 0.1) is 12.4 Å². The Morgan fingerprint density at radius 3 is 2.80 bits per heavy atom. The van der Waals surface area contributed by atoms with Gasteiger partial charge in [-0.2, -0.15) is 0 Å². The van der Waals surface area contributed by atoms with E-state index in [0.717, 1.165) is 11.3 Å². The third-order valence-electron chi connectivity index (χ3n) is 2.11. The summed E-state index contributed by atoms with van der Waals surface area (Å²) in [6, 6.07) is 10.1. The van der Waals surface area contributed by atoms with Crippen LogP contribution < -0.4 is 9.57 Å². The van der Waals surface area contributed by atoms with Crippen LogP contribution >= 0.6 is 0 Å². The summed E-state index contributed by atoms with van der Waals surface area (Å²) in [7, 11) is 0. The number of nitrogens with zero attached hydrogens (tertiary/aromatic N) is 2. The zero-order valence-corrected chi connectivity index (χ0v) is 8.63. The van der Waals surface area contributed by atoms with Crippen LogP contribution in [-0.4, -0.2) is 4.98 Å². The third-order valence-corrected chi connectivity index (χ3v) is 2.11. The summed E-state index contributed by atoms with van der Waals surface area (Å²) in [6.07, 6.45) is 5.28. The monoisotopic (exact) mass is 201 g/mol. The van der Waals surface area contributed by atoms with Crippen molar-refractivity contribution < 1.29 is 9.57 Å². The first kappa shape index (κ1) is 9.65. The van der Waals surface area contributed by atoms with Crippen molar-refractivity contribution in [2.24, 2.45) is 0 Å². The molecule has 3 heteroatoms. The maximum absolute atomic E-state index is 5.60. The highest BCUT2D eigenvalue weighted by molar-refractivity contribution is 5.13. The standard InChI is InChI=1S/C12H13N2O/c1-11-9-13-7-8-14(11)15-10-12-5-3-2-4-6-12/h2-9H,10H2,1H3/q+1. The van der Waals surface area contributed by atoms with Gasteiger partial charge < -0.3 is 0 Å². The lowest BCUT2D eigenvalue weighted by Gasteiger charge is -2.00. The zero-order chi connectivity index (χ0) is 10.5. The molecule has 0 bridgehead atoms. The molecule has 0 aliphatic rings. The molecule has 0 spiro atoms. The quantitative estimate of drug-likeness (QED) is 0.700. The number of hydrogen-bond acceptors (Lipinski definition) is 2. The molecule has 2 aromatic rings. The fraction of sp³-hybridized carbons (Fsp3) is 0.167. The highest BCUT2D eigenvalue weighted by Gasteiger charge is 2.06. The predicted molar refractivity (Wildman–Crippen MR) is 55.9 cm³/mol. The van der Waals surface area contributed by atoms with Gasteiger partial charge in [-0.05, 0) is 5.56 Å². The molecular formula is C12H13N2O+. The molecule has 1 aromatic carbocycles. The minimum absolute atomic E-state index is 0.566. The van der Waals surface area contributed by atoms with Crippen LogP contribution in [0.4, 0.5) is 0 Å². The minimum Gasteiger partial charge on any atom is -0.266 e. The fourth-order valence-electron chi connectivity index (χ4n) is 1.29. The van der Waals surface area contributed by atoms with Gasteiger partial charge in [-0.25, -0.2) is 0 Å². The second-order valence-corrected chi connectivity index (χ2v) is 3.30. The number of hydrogen-bond donors (Lipinski definition) is 0. The van der Waals surface area contributed by atoms with E-state index in [4.69, 9.17) is 4.84 Å². The van der Waals surface area contributed by atoms with Gasteiger partial charge in [0.15, 0.2) is 6.61 Å². The van der Waals surface area contributed by atoms with Crippen molar-refractivity contribution in [2.75, 3.05) is 0 Å². The fourth-order valence-corrected chi connectivity index (χ4v) is 1.29. The average Bonchev–Trinajstić information content (AvgIpc) is 2.29. The van der Waals surface area contributed by atoms with Gasteiger partial charge in [-0.1, -0.05) is 30.3 Å². The van der Waals surface area contributed by atoms with Gasteiger partial charge in [-0.15, -0.1) is 0 Å². The summed E-state index contributed by atoms with van der Waals surface area (Å²) in [5, 5.41) is 0. The average molecular weight is 201 g/mol. The Labute approximate surface area is 88.9 Å². The molecule has 0 aliphatic heterocycles. The summed E-state index contributed by atoms with van der Waals surface area (Å²) >= 11 is 0. The van der Waals surface area contributed by atoms with Crippen molar-refractivity contribution in [1.29, 1.82) is 0 Å². The zero-order valence-electron chi connectivity index (χ0n) is 8.63. The van der Waals surface area contributed by atoms with Crippen LogP contribution in [0.2, 0.25) is 0 Å². The summed E-state index contributed by atoms with van der Waals surface area (Å²) in [4.78, 5) is 9.60. The van der Waals surface area contributed by atoms with Crippen LogP contribution in [0, 0.1) is 6.92 Å². The van der Waals surface area contributed by atoms with E-state index < -0.39 is 0 Å². The first-order valence-electron chi connectivity index (χ1n) is 4.86. The molecule has 3 nitrogen and oxygen atoms in total. The number of rotatable bonds is 3. The molecule has 0 amide bonds. The van der Waals surface area contributed by atoms with E-state index in [1.807, 2.05) is 37.3 Å². The third kappa shape index (κ3) is 2.53. The van der Waals surface area contributed by atoms with Crippen molar-refractivity contribution in [1.82, 2.24) is 4.98 Å². The van der Waals surface area contributed by atoms with Gasteiger partial charge in [0.25, 0.3) is 0 Å². The SMILES string of the molecule is Cc1cncc[n+]1OCc1ccccc1. The van der Waals surface area contributed by atoms with Crippen LogP contribution in [0.15, 0.2) is 48.9 Å². The second kappa shape index (κ2) is 4.55. The van der Waals surface area contributed by atoms with Gasteiger partial charge in [0.1, 0.15) is 0 Å². The molecule has 15 heavy (non-hydrogen) atoms. The molecule has 0 unspecified atom stereocenters. The normalized spacial score (nSPS) is 9.93. The molecule has 0 saturated carbocycles. The van der Waals surface area contributed by atoms with Crippen molar-refractivity contribution >= 4 is 0 Å². The molecule has 76 valence electrons. The lowest BCUT2D eigenvalue weighted by molar-refractivity contribution is -0.899. The largest absolute Gasteiger partial charge is 0.266 e. The summed E-state index contributed by atoms with van der Waals surface area (Å²) in [6.45, 7) is 2.52. The smallest absolute Gasteiger partial charge is 0.249 e. The molecule has 0 fully saturated rings. The van der Waals surface area contributed by atoms with E-state index >= 15 is 0 Å². The first-order valence-corrected chi connectivity index (χ1v) is 4.86. The number of aromatic nitrogens is 2. The van der Waals surface area contributed by atoms with Crippen molar-refractivity contribution in [3.8, 4) is 0 Å². The maximum Gasteiger partial charge on any atom is 0.249 e. The van der Waals surface area contributed by atoms with E-state index in [-0.39, 0.29) is 0 Å². The van der Waals surface area contributed by atoms with Gasteiger partial charge in [0.2, 0.25) is 11.9 Å². The molecule has 2 rings (SSSR count). The lowest BCUT2D eigenvalue weighted by atomic mass is 10.2. The Balaban J connectivity index is 2.03. The van der Waals surface area contributed by atoms with Gasteiger partial charge >= 0.3 is 0 Å². The van der Waals surface area contributed by atoms with Crippen LogP contribution in [0.1, 0.15) is 11.3 Å². The number of aryl methyl sites for hydroxylation is 1. The van der Waals surface area contributed by atoms with Crippen molar-refractivity contribution in [2.45, 2.75) is 13.5 Å². The lowest BCUT2D eigenvalue weighted by Crippen LogP contribution is -2.44. The van der Waals surface area contributed by atoms with E-state index in [9.17, 15) is 0 Å². The molecule has 0 radical (unpaired) electrons. The van der Waals surface area contributed by atoms with Crippen LogP contribution in [0.5, 0.6) is 0 Å². The maximum atomic E-state index is 5.60. The molecule has 0 N–H and O–H groups in total.